The fourth-order valence-corrected chi connectivity index (χ4v) is 3.07. The quantitative estimate of drug-likeness (QED) is 0.176. The van der Waals surface area contributed by atoms with Crippen LogP contribution in [0.3, 0.4) is 0 Å². The number of benzene rings is 2. The summed E-state index contributed by atoms with van der Waals surface area (Å²) in [5, 5.41) is 19.3. The molecule has 1 atom stereocenters. The van der Waals surface area contributed by atoms with E-state index in [4.69, 9.17) is 0 Å². The van der Waals surface area contributed by atoms with Gasteiger partial charge in [0.05, 0.1) is 5.52 Å². The average molecular weight is 652 g/mol. The first kappa shape index (κ1) is 30.7. The number of aliphatic hydroxyl groups excluding tert-OH is 1. The van der Waals surface area contributed by atoms with E-state index >= 15 is 0 Å². The van der Waals surface area contributed by atoms with Crippen molar-refractivity contribution < 1.29 is 30.0 Å². The van der Waals surface area contributed by atoms with Crippen molar-refractivity contribution in [3.05, 3.63) is 71.5 Å². The molecule has 4 nitrogen and oxygen atoms in total. The Morgan fingerprint density at radius 3 is 2.23 bits per heavy atom. The Labute approximate surface area is 224 Å². The van der Waals surface area contributed by atoms with E-state index < -0.39 is 5.41 Å². The van der Waals surface area contributed by atoms with Gasteiger partial charge in [-0.3, -0.25) is 4.79 Å². The second kappa shape index (κ2) is 12.6. The van der Waals surface area contributed by atoms with Crippen LogP contribution in [0.2, 0.25) is 0 Å². The molecule has 0 bridgehead atoms. The third-order valence-corrected chi connectivity index (χ3v) is 5.75. The summed E-state index contributed by atoms with van der Waals surface area (Å²) in [6, 6.07) is 18.0. The number of allylic oxidation sites excluding steroid dienone is 2. The third-order valence-electron chi connectivity index (χ3n) is 5.75. The van der Waals surface area contributed by atoms with E-state index in [-0.39, 0.29) is 37.1 Å². The number of nitrogens with zero attached hydrogens (tertiary/aromatic N) is 2. The molecule has 1 N–H and O–H groups in total. The summed E-state index contributed by atoms with van der Waals surface area (Å²) >= 11 is 0. The van der Waals surface area contributed by atoms with E-state index in [1.54, 1.807) is 0 Å². The number of rotatable bonds is 4. The van der Waals surface area contributed by atoms with Crippen LogP contribution < -0.4 is 0 Å². The van der Waals surface area contributed by atoms with Gasteiger partial charge < -0.3 is 5.11 Å². The fraction of sp³-hybridized carbons (Fsp3) is 0.433. The molecule has 0 saturated heterocycles. The van der Waals surface area contributed by atoms with Crippen molar-refractivity contribution in [2.75, 3.05) is 0 Å². The minimum Gasteiger partial charge on any atom is -0.512 e. The monoisotopic (exact) mass is 652 g/mol. The fourth-order valence-electron chi connectivity index (χ4n) is 3.07. The van der Waals surface area contributed by atoms with Crippen molar-refractivity contribution in [1.82, 2.24) is 10.2 Å². The van der Waals surface area contributed by atoms with Gasteiger partial charge in [-0.2, -0.15) is 5.10 Å². The van der Waals surface area contributed by atoms with Gasteiger partial charge >= 0.3 is 0 Å². The van der Waals surface area contributed by atoms with Gasteiger partial charge in [-0.15, -0.1) is 34.9 Å². The van der Waals surface area contributed by atoms with Gasteiger partial charge in [0, 0.05) is 42.7 Å². The van der Waals surface area contributed by atoms with Gasteiger partial charge in [-0.1, -0.05) is 93.0 Å². The molecule has 0 amide bonds. The standard InChI is InChI=1S/C19H19N2.C11H20O2.Ir/c1-4-14(3)16-9-13(2)10-17(11-16)19-12-15-7-5-6-8-18(15)20-21-19;1-10(2,3)8(12)7-9(13)11(4,5)6;/h5-9,11-12,14H,4H2,1-3H3;7,12H,1-6H3;/q-1;;/b;8-7-;. The third kappa shape index (κ3) is 8.98. The van der Waals surface area contributed by atoms with E-state index in [9.17, 15) is 9.90 Å². The molecule has 1 heterocycles. The molecule has 3 aromatic rings. The molecule has 1 aromatic heterocycles. The molecule has 5 heteroatoms. The molecule has 0 spiro atoms. The maximum Gasteiger partial charge on any atom is 0.164 e. The van der Waals surface area contributed by atoms with E-state index in [1.165, 1.54) is 11.6 Å². The van der Waals surface area contributed by atoms with Crippen LogP contribution in [0.4, 0.5) is 0 Å². The zero-order chi connectivity index (χ0) is 25.7. The predicted octanol–water partition coefficient (Wildman–Crippen LogP) is 8.01. The second-order valence-corrected chi connectivity index (χ2v) is 11.0. The van der Waals surface area contributed by atoms with Crippen LogP contribution in [-0.2, 0) is 24.9 Å². The molecule has 0 aliphatic heterocycles. The summed E-state index contributed by atoms with van der Waals surface area (Å²) in [6.45, 7) is 17.7. The Balaban J connectivity index is 0.000000383. The number of hydrogen-bond acceptors (Lipinski definition) is 4. The number of ketones is 1. The van der Waals surface area contributed by atoms with Gasteiger partial charge in [0.25, 0.3) is 0 Å². The van der Waals surface area contributed by atoms with Crippen LogP contribution in [0.15, 0.2) is 54.3 Å². The minimum atomic E-state index is -0.417. The van der Waals surface area contributed by atoms with Crippen molar-refractivity contribution in [3.8, 4) is 11.3 Å². The van der Waals surface area contributed by atoms with Crippen LogP contribution in [0.25, 0.3) is 22.2 Å². The maximum atomic E-state index is 11.5. The molecular weight excluding hydrogens is 613 g/mol. The van der Waals surface area contributed by atoms with Gasteiger partial charge in [-0.05, 0) is 17.4 Å². The molecule has 0 aliphatic rings. The number of carbonyl (C=O) groups excluding carboxylic acids is 1. The van der Waals surface area contributed by atoms with Crippen molar-refractivity contribution in [3.63, 3.8) is 0 Å². The van der Waals surface area contributed by atoms with Crippen LogP contribution in [0, 0.1) is 23.8 Å². The molecule has 1 radical (unpaired) electrons. The maximum absolute atomic E-state index is 11.5. The average Bonchev–Trinajstić information content (AvgIpc) is 2.76. The van der Waals surface area contributed by atoms with Gasteiger partial charge in [-0.25, -0.2) is 5.10 Å². The Bertz CT molecular complexity index is 1170. The zero-order valence-electron chi connectivity index (χ0n) is 22.5. The smallest absolute Gasteiger partial charge is 0.164 e. The molecule has 2 aromatic carbocycles. The van der Waals surface area contributed by atoms with Gasteiger partial charge in [0.1, 0.15) is 5.76 Å². The van der Waals surface area contributed by atoms with Crippen LogP contribution >= 0.6 is 0 Å². The molecule has 191 valence electrons. The number of aromatic nitrogens is 2. The summed E-state index contributed by atoms with van der Waals surface area (Å²) in [5.41, 5.74) is 4.58. The SMILES string of the molecule is CC(C)(C)C(=O)/C=C(\O)C(C)(C)C.CCC(C)c1cc(C)[c-]c(-c2cc3ccccc3nn2)c1.[Ir]. The molecular formula is C30H39IrN2O2-. The Kier molecular flexibility index (Phi) is 11.0. The topological polar surface area (TPSA) is 63.1 Å². The van der Waals surface area contributed by atoms with E-state index in [2.05, 4.69) is 61.3 Å². The Morgan fingerprint density at radius 2 is 1.66 bits per heavy atom. The zero-order valence-corrected chi connectivity index (χ0v) is 24.9. The summed E-state index contributed by atoms with van der Waals surface area (Å²) in [7, 11) is 0. The summed E-state index contributed by atoms with van der Waals surface area (Å²) in [4.78, 5) is 11.5. The second-order valence-electron chi connectivity index (χ2n) is 11.0. The largest absolute Gasteiger partial charge is 0.512 e. The van der Waals surface area contributed by atoms with Gasteiger partial charge in [0.2, 0.25) is 0 Å². The molecule has 0 saturated carbocycles. The molecule has 0 aliphatic carbocycles. The molecule has 1 unspecified atom stereocenters. The van der Waals surface area contributed by atoms with Crippen LogP contribution in [0.5, 0.6) is 0 Å². The van der Waals surface area contributed by atoms with E-state index in [1.807, 2.05) is 59.7 Å². The summed E-state index contributed by atoms with van der Waals surface area (Å²) < 4.78 is 0. The number of hydrogen-bond donors (Lipinski definition) is 1. The van der Waals surface area contributed by atoms with Crippen molar-refractivity contribution >= 4 is 16.7 Å². The van der Waals surface area contributed by atoms with Crippen LogP contribution in [-0.4, -0.2) is 21.1 Å². The van der Waals surface area contributed by atoms with Crippen LogP contribution in [0.1, 0.15) is 78.9 Å². The molecule has 0 fully saturated rings. The molecule has 3 rings (SSSR count). The predicted molar refractivity (Wildman–Crippen MR) is 142 cm³/mol. The first-order chi connectivity index (χ1) is 15.7. The number of aliphatic hydroxyl groups is 1. The number of aryl methyl sites for hydroxylation is 1. The number of carbonyl (C=O) groups is 1. The van der Waals surface area contributed by atoms with Gasteiger partial charge in [0.15, 0.2) is 5.78 Å². The van der Waals surface area contributed by atoms with E-state index in [0.717, 1.165) is 34.1 Å². The first-order valence-corrected chi connectivity index (χ1v) is 11.9. The normalized spacial score (nSPS) is 12.9. The van der Waals surface area contributed by atoms with Crippen molar-refractivity contribution in [2.24, 2.45) is 10.8 Å². The number of fused-ring (bicyclic) bond motifs is 1. The molecule has 35 heavy (non-hydrogen) atoms. The summed E-state index contributed by atoms with van der Waals surface area (Å²) in [6.07, 6.45) is 2.46. The van der Waals surface area contributed by atoms with Crippen molar-refractivity contribution in [2.45, 2.75) is 74.7 Å². The van der Waals surface area contributed by atoms with E-state index in [0.29, 0.717) is 5.92 Å². The Hall–Kier alpha value is -2.36. The van der Waals surface area contributed by atoms with Crippen molar-refractivity contribution in [1.29, 1.82) is 0 Å². The minimum absolute atomic E-state index is 0. The summed E-state index contributed by atoms with van der Waals surface area (Å²) in [5.74, 6) is 0.651. The first-order valence-electron chi connectivity index (χ1n) is 11.9. The Morgan fingerprint density at radius 1 is 1.03 bits per heavy atom.